The molecule has 0 aliphatic heterocycles. The topological polar surface area (TPSA) is 64.6 Å². The summed E-state index contributed by atoms with van der Waals surface area (Å²) < 4.78 is 10.8. The van der Waals surface area contributed by atoms with Gasteiger partial charge in [-0.05, 0) is 49.1 Å². The van der Waals surface area contributed by atoms with Gasteiger partial charge in [0.2, 0.25) is 0 Å². The zero-order valence-electron chi connectivity index (χ0n) is 17.0. The van der Waals surface area contributed by atoms with Crippen LogP contribution in [0.4, 0.5) is 5.69 Å². The van der Waals surface area contributed by atoms with Crippen molar-refractivity contribution < 1.29 is 19.1 Å². The van der Waals surface area contributed by atoms with Crippen molar-refractivity contribution in [3.05, 3.63) is 95.6 Å². The number of esters is 1. The summed E-state index contributed by atoms with van der Waals surface area (Å²) in [6, 6.07) is 24.6. The molecule has 0 saturated heterocycles. The lowest BCUT2D eigenvalue weighted by atomic mass is 10.00. The number of hydrogen-bond donors (Lipinski definition) is 1. The highest BCUT2D eigenvalue weighted by atomic mass is 16.5. The van der Waals surface area contributed by atoms with Crippen molar-refractivity contribution in [1.82, 2.24) is 0 Å². The van der Waals surface area contributed by atoms with Gasteiger partial charge in [-0.2, -0.15) is 0 Å². The molecule has 0 bridgehead atoms. The number of hydrogen-bond acceptors (Lipinski definition) is 4. The van der Waals surface area contributed by atoms with Crippen LogP contribution in [0.25, 0.3) is 0 Å². The third-order valence-electron chi connectivity index (χ3n) is 4.56. The van der Waals surface area contributed by atoms with E-state index in [0.717, 1.165) is 12.0 Å². The van der Waals surface area contributed by atoms with Crippen molar-refractivity contribution in [3.8, 4) is 5.75 Å². The van der Waals surface area contributed by atoms with Crippen LogP contribution in [0.3, 0.4) is 0 Å². The number of benzene rings is 3. The molecule has 5 heteroatoms. The molecule has 3 rings (SSSR count). The Kier molecular flexibility index (Phi) is 7.61. The van der Waals surface area contributed by atoms with Gasteiger partial charge in [0.15, 0.2) is 6.61 Å². The number of carbonyl (C=O) groups excluding carboxylic acids is 2. The molecule has 0 fully saturated rings. The number of para-hydroxylation sites is 2. The molecule has 0 radical (unpaired) electrons. The van der Waals surface area contributed by atoms with Crippen LogP contribution in [-0.4, -0.2) is 25.1 Å². The Bertz CT molecular complexity index is 985. The van der Waals surface area contributed by atoms with E-state index in [9.17, 15) is 9.59 Å². The summed E-state index contributed by atoms with van der Waals surface area (Å²) >= 11 is 0. The molecule has 0 saturated carbocycles. The van der Waals surface area contributed by atoms with Gasteiger partial charge in [-0.15, -0.1) is 0 Å². The van der Waals surface area contributed by atoms with Crippen molar-refractivity contribution in [2.75, 3.05) is 18.5 Å². The maximum absolute atomic E-state index is 12.6. The molecular formula is C25H25NO4. The second kappa shape index (κ2) is 10.8. The van der Waals surface area contributed by atoms with Crippen LogP contribution < -0.4 is 10.1 Å². The molecule has 0 aliphatic carbocycles. The normalized spacial score (nSPS) is 10.3. The summed E-state index contributed by atoms with van der Waals surface area (Å²) in [5.41, 5.74) is 3.13. The van der Waals surface area contributed by atoms with Crippen LogP contribution in [0, 0.1) is 0 Å². The lowest BCUT2D eigenvalue weighted by molar-refractivity contribution is -0.119. The highest BCUT2D eigenvalue weighted by Crippen LogP contribution is 2.23. The summed E-state index contributed by atoms with van der Waals surface area (Å²) in [5, 5.41) is 2.72. The fourth-order valence-electron chi connectivity index (χ4n) is 3.11. The van der Waals surface area contributed by atoms with E-state index in [-0.39, 0.29) is 6.61 Å². The minimum atomic E-state index is -0.507. The van der Waals surface area contributed by atoms with Crippen LogP contribution in [-0.2, 0) is 22.4 Å². The summed E-state index contributed by atoms with van der Waals surface area (Å²) in [7, 11) is 0. The number of ether oxygens (including phenoxy) is 2. The Morgan fingerprint density at radius 3 is 2.33 bits per heavy atom. The molecule has 1 amide bonds. The lowest BCUT2D eigenvalue weighted by Gasteiger charge is -2.12. The smallest absolute Gasteiger partial charge is 0.338 e. The fraction of sp³-hybridized carbons (Fsp3) is 0.200. The Balaban J connectivity index is 1.58. The fourth-order valence-corrected chi connectivity index (χ4v) is 3.11. The van der Waals surface area contributed by atoms with Gasteiger partial charge in [0.1, 0.15) is 5.75 Å². The van der Waals surface area contributed by atoms with Crippen LogP contribution in [0.1, 0.15) is 28.4 Å². The van der Waals surface area contributed by atoms with E-state index < -0.39 is 11.9 Å². The average Bonchev–Trinajstić information content (AvgIpc) is 2.78. The van der Waals surface area contributed by atoms with E-state index >= 15 is 0 Å². The van der Waals surface area contributed by atoms with Gasteiger partial charge in [0.25, 0.3) is 5.91 Å². The van der Waals surface area contributed by atoms with Crippen molar-refractivity contribution in [1.29, 1.82) is 0 Å². The van der Waals surface area contributed by atoms with E-state index in [0.29, 0.717) is 30.0 Å². The molecule has 5 nitrogen and oxygen atoms in total. The standard InChI is InChI=1S/C25H25NO4/c1-2-29-23-15-9-8-14-22(23)26-24(27)18-30-25(28)21-13-7-6-12-20(21)17-16-19-10-4-3-5-11-19/h3-15H,2,16-18H2,1H3,(H,26,27). The molecule has 154 valence electrons. The zero-order chi connectivity index (χ0) is 21.2. The number of aryl methyl sites for hydroxylation is 2. The SMILES string of the molecule is CCOc1ccccc1NC(=O)COC(=O)c1ccccc1CCc1ccccc1. The minimum absolute atomic E-state index is 0.369. The highest BCUT2D eigenvalue weighted by molar-refractivity contribution is 5.96. The van der Waals surface area contributed by atoms with Gasteiger partial charge in [-0.25, -0.2) is 4.79 Å². The molecular weight excluding hydrogens is 378 g/mol. The Hall–Kier alpha value is -3.60. The quantitative estimate of drug-likeness (QED) is 0.528. The van der Waals surface area contributed by atoms with Crippen LogP contribution >= 0.6 is 0 Å². The Labute approximate surface area is 176 Å². The number of amides is 1. The molecule has 0 spiro atoms. The van der Waals surface area contributed by atoms with E-state index in [1.54, 1.807) is 30.3 Å². The van der Waals surface area contributed by atoms with Crippen molar-refractivity contribution in [2.24, 2.45) is 0 Å². The van der Waals surface area contributed by atoms with Gasteiger partial charge in [-0.1, -0.05) is 60.7 Å². The zero-order valence-corrected chi connectivity index (χ0v) is 17.0. The first-order chi connectivity index (χ1) is 14.7. The minimum Gasteiger partial charge on any atom is -0.492 e. The molecule has 30 heavy (non-hydrogen) atoms. The monoisotopic (exact) mass is 403 g/mol. The van der Waals surface area contributed by atoms with Crippen LogP contribution in [0.15, 0.2) is 78.9 Å². The molecule has 0 atom stereocenters. The molecule has 0 aromatic heterocycles. The summed E-state index contributed by atoms with van der Waals surface area (Å²) in [4.78, 5) is 24.8. The number of rotatable bonds is 9. The number of carbonyl (C=O) groups is 2. The van der Waals surface area contributed by atoms with Crippen molar-refractivity contribution in [2.45, 2.75) is 19.8 Å². The Morgan fingerprint density at radius 2 is 1.53 bits per heavy atom. The first-order valence-electron chi connectivity index (χ1n) is 9.98. The van der Waals surface area contributed by atoms with E-state index in [4.69, 9.17) is 9.47 Å². The predicted octanol–water partition coefficient (Wildman–Crippen LogP) is 4.67. The maximum atomic E-state index is 12.6. The second-order valence-electron chi connectivity index (χ2n) is 6.70. The van der Waals surface area contributed by atoms with Gasteiger partial charge in [0, 0.05) is 0 Å². The molecule has 0 unspecified atom stereocenters. The maximum Gasteiger partial charge on any atom is 0.338 e. The molecule has 0 aliphatic rings. The van der Waals surface area contributed by atoms with Crippen LogP contribution in [0.2, 0.25) is 0 Å². The van der Waals surface area contributed by atoms with Gasteiger partial charge >= 0.3 is 5.97 Å². The molecule has 3 aromatic rings. The third kappa shape index (κ3) is 5.95. The van der Waals surface area contributed by atoms with E-state index in [2.05, 4.69) is 17.4 Å². The van der Waals surface area contributed by atoms with E-state index in [1.165, 1.54) is 5.56 Å². The lowest BCUT2D eigenvalue weighted by Crippen LogP contribution is -2.21. The van der Waals surface area contributed by atoms with Gasteiger partial charge in [0.05, 0.1) is 17.9 Å². The van der Waals surface area contributed by atoms with Gasteiger partial charge < -0.3 is 14.8 Å². The first kappa shape index (κ1) is 21.1. The van der Waals surface area contributed by atoms with Gasteiger partial charge in [-0.3, -0.25) is 4.79 Å². The summed E-state index contributed by atoms with van der Waals surface area (Å²) in [5.74, 6) is -0.352. The largest absolute Gasteiger partial charge is 0.492 e. The summed E-state index contributed by atoms with van der Waals surface area (Å²) in [6.45, 7) is 1.99. The van der Waals surface area contributed by atoms with E-state index in [1.807, 2.05) is 43.3 Å². The number of nitrogens with one attached hydrogen (secondary N) is 1. The average molecular weight is 403 g/mol. The summed E-state index contributed by atoms with van der Waals surface area (Å²) in [6.07, 6.45) is 1.53. The van der Waals surface area contributed by atoms with Crippen molar-refractivity contribution in [3.63, 3.8) is 0 Å². The third-order valence-corrected chi connectivity index (χ3v) is 4.56. The molecule has 0 heterocycles. The second-order valence-corrected chi connectivity index (χ2v) is 6.70. The van der Waals surface area contributed by atoms with Crippen LogP contribution in [0.5, 0.6) is 5.75 Å². The number of anilines is 1. The molecule has 1 N–H and O–H groups in total. The molecule has 3 aromatic carbocycles. The van der Waals surface area contributed by atoms with Crippen molar-refractivity contribution >= 4 is 17.6 Å². The Morgan fingerprint density at radius 1 is 0.833 bits per heavy atom. The highest BCUT2D eigenvalue weighted by Gasteiger charge is 2.15. The predicted molar refractivity (Wildman–Crippen MR) is 117 cm³/mol. The first-order valence-corrected chi connectivity index (χ1v) is 9.98.